The van der Waals surface area contributed by atoms with Gasteiger partial charge in [0.25, 0.3) is 6.04 Å². The van der Waals surface area contributed by atoms with Crippen molar-refractivity contribution in [1.29, 1.82) is 5.26 Å². The summed E-state index contributed by atoms with van der Waals surface area (Å²) in [6.07, 6.45) is 0. The molecule has 0 aromatic heterocycles. The maximum atomic E-state index is 10.9. The van der Waals surface area contributed by atoms with E-state index in [-0.39, 0.29) is 0 Å². The van der Waals surface area contributed by atoms with Crippen LogP contribution in [0.4, 0.5) is 5.69 Å². The molecule has 0 heterocycles. The van der Waals surface area contributed by atoms with Crippen molar-refractivity contribution in [2.45, 2.75) is 6.04 Å². The second kappa shape index (κ2) is 5.80. The highest BCUT2D eigenvalue weighted by Crippen LogP contribution is 2.16. The van der Waals surface area contributed by atoms with Crippen molar-refractivity contribution in [2.24, 2.45) is 16.1 Å². The molecule has 1 rings (SSSR count). The molecule has 0 bridgehead atoms. The fourth-order valence-corrected chi connectivity index (χ4v) is 0.948. The van der Waals surface area contributed by atoms with E-state index in [9.17, 15) is 4.79 Å². The van der Waals surface area contributed by atoms with Crippen molar-refractivity contribution >= 4 is 23.3 Å². The van der Waals surface area contributed by atoms with Gasteiger partial charge in [-0.05, 0) is 24.3 Å². The first-order valence-electron chi connectivity index (χ1n) is 4.14. The average Bonchev–Trinajstić information content (AvgIpc) is 2.31. The summed E-state index contributed by atoms with van der Waals surface area (Å²) in [6.45, 7) is 0. The highest BCUT2D eigenvalue weighted by molar-refractivity contribution is 6.30. The minimum absolute atomic E-state index is 0.467. The number of rotatable bonds is 3. The number of benzene rings is 1. The van der Waals surface area contributed by atoms with E-state index in [1.54, 1.807) is 30.3 Å². The standard InChI is InChI=1S/C9H7ClN4O2/c10-6-1-3-7(4-2-6)13-14-8(5-11)9(15)16-12/h1-4,8H,12H2. The molecule has 6 nitrogen and oxygen atoms in total. The highest BCUT2D eigenvalue weighted by Gasteiger charge is 2.17. The quantitative estimate of drug-likeness (QED) is 0.640. The van der Waals surface area contributed by atoms with Crippen molar-refractivity contribution < 1.29 is 9.63 Å². The Balaban J connectivity index is 2.76. The smallest absolute Gasteiger partial charge is 0.366 e. The lowest BCUT2D eigenvalue weighted by Gasteiger charge is -1.98. The van der Waals surface area contributed by atoms with Gasteiger partial charge in [-0.3, -0.25) is 0 Å². The first-order valence-corrected chi connectivity index (χ1v) is 4.52. The van der Waals surface area contributed by atoms with Gasteiger partial charge in [0.15, 0.2) is 0 Å². The van der Waals surface area contributed by atoms with Crippen LogP contribution in [0.1, 0.15) is 0 Å². The molecule has 2 N–H and O–H groups in total. The van der Waals surface area contributed by atoms with Crippen molar-refractivity contribution in [3.8, 4) is 6.07 Å². The van der Waals surface area contributed by atoms with Gasteiger partial charge in [0.1, 0.15) is 6.07 Å². The van der Waals surface area contributed by atoms with E-state index in [1.807, 2.05) is 0 Å². The lowest BCUT2D eigenvalue weighted by atomic mass is 10.3. The lowest BCUT2D eigenvalue weighted by Crippen LogP contribution is -2.22. The summed E-state index contributed by atoms with van der Waals surface area (Å²) in [7, 11) is 0. The third-order valence-corrected chi connectivity index (χ3v) is 1.83. The Bertz CT molecular complexity index is 438. The van der Waals surface area contributed by atoms with Gasteiger partial charge < -0.3 is 4.84 Å². The Morgan fingerprint density at radius 2 is 2.12 bits per heavy atom. The SMILES string of the molecule is N#CC(N=Nc1ccc(Cl)cc1)C(=O)ON. The van der Waals surface area contributed by atoms with Gasteiger partial charge >= 0.3 is 5.97 Å². The molecule has 16 heavy (non-hydrogen) atoms. The highest BCUT2D eigenvalue weighted by atomic mass is 35.5. The number of nitrogens with zero attached hydrogens (tertiary/aromatic N) is 3. The van der Waals surface area contributed by atoms with Gasteiger partial charge in [-0.2, -0.15) is 21.4 Å². The molecule has 0 aliphatic heterocycles. The molecule has 0 amide bonds. The molecular weight excluding hydrogens is 232 g/mol. The zero-order chi connectivity index (χ0) is 12.0. The maximum absolute atomic E-state index is 10.9. The maximum Gasteiger partial charge on any atom is 0.366 e. The van der Waals surface area contributed by atoms with E-state index in [1.165, 1.54) is 0 Å². The zero-order valence-electron chi connectivity index (χ0n) is 8.00. The van der Waals surface area contributed by atoms with Crippen LogP contribution in [0.15, 0.2) is 34.5 Å². The van der Waals surface area contributed by atoms with Crippen LogP contribution in [-0.4, -0.2) is 12.0 Å². The van der Waals surface area contributed by atoms with E-state index < -0.39 is 12.0 Å². The lowest BCUT2D eigenvalue weighted by molar-refractivity contribution is -0.144. The van der Waals surface area contributed by atoms with E-state index in [4.69, 9.17) is 16.9 Å². The first kappa shape index (κ1) is 12.1. The third-order valence-electron chi connectivity index (χ3n) is 1.58. The van der Waals surface area contributed by atoms with Crippen molar-refractivity contribution in [1.82, 2.24) is 0 Å². The van der Waals surface area contributed by atoms with E-state index >= 15 is 0 Å². The van der Waals surface area contributed by atoms with Crippen LogP contribution < -0.4 is 5.90 Å². The summed E-state index contributed by atoms with van der Waals surface area (Å²) in [5, 5.41) is 16.3. The van der Waals surface area contributed by atoms with E-state index in [2.05, 4.69) is 21.0 Å². The number of nitrogens with two attached hydrogens (primary N) is 1. The van der Waals surface area contributed by atoms with Crippen molar-refractivity contribution in [3.63, 3.8) is 0 Å². The minimum atomic E-state index is -1.36. The van der Waals surface area contributed by atoms with Crippen molar-refractivity contribution in [2.75, 3.05) is 0 Å². The topological polar surface area (TPSA) is 101 Å². The first-order chi connectivity index (χ1) is 7.67. The van der Waals surface area contributed by atoms with Crippen molar-refractivity contribution in [3.05, 3.63) is 29.3 Å². The molecule has 1 atom stereocenters. The molecule has 7 heteroatoms. The third kappa shape index (κ3) is 3.31. The molecular formula is C9H7ClN4O2. The number of carbonyl (C=O) groups is 1. The molecule has 0 spiro atoms. The Hall–Kier alpha value is -1.97. The average molecular weight is 239 g/mol. The number of hydrogen-bond acceptors (Lipinski definition) is 6. The summed E-state index contributed by atoms with van der Waals surface area (Å²) < 4.78 is 0. The van der Waals surface area contributed by atoms with Crippen LogP contribution in [0.25, 0.3) is 0 Å². The van der Waals surface area contributed by atoms with Crippen LogP contribution in [-0.2, 0) is 9.63 Å². The molecule has 0 saturated heterocycles. The number of halogens is 1. The molecule has 1 unspecified atom stereocenters. The van der Waals surface area contributed by atoms with E-state index in [0.717, 1.165) is 0 Å². The molecule has 1 aromatic carbocycles. The van der Waals surface area contributed by atoms with Crippen LogP contribution >= 0.6 is 11.6 Å². The molecule has 0 radical (unpaired) electrons. The Morgan fingerprint density at radius 1 is 1.50 bits per heavy atom. The summed E-state index contributed by atoms with van der Waals surface area (Å²) in [4.78, 5) is 14.7. The summed E-state index contributed by atoms with van der Waals surface area (Å²) >= 11 is 5.66. The second-order valence-corrected chi connectivity index (χ2v) is 3.10. The monoisotopic (exact) mass is 238 g/mol. The number of hydrogen-bond donors (Lipinski definition) is 1. The molecule has 0 fully saturated rings. The normalized spacial score (nSPS) is 12.1. The summed E-state index contributed by atoms with van der Waals surface area (Å²) in [5.74, 6) is 3.66. The molecule has 0 aliphatic rings. The fourth-order valence-electron chi connectivity index (χ4n) is 0.822. The van der Waals surface area contributed by atoms with Gasteiger partial charge in [0.2, 0.25) is 0 Å². The predicted molar refractivity (Wildman–Crippen MR) is 55.6 cm³/mol. The van der Waals surface area contributed by atoms with Gasteiger partial charge in [-0.25, -0.2) is 4.79 Å². The van der Waals surface area contributed by atoms with Gasteiger partial charge in [0, 0.05) is 5.02 Å². The molecule has 82 valence electrons. The fraction of sp³-hybridized carbons (Fsp3) is 0.111. The minimum Gasteiger partial charge on any atom is -0.371 e. The number of nitriles is 1. The Labute approximate surface area is 96.2 Å². The Kier molecular flexibility index (Phi) is 4.39. The van der Waals surface area contributed by atoms with Gasteiger partial charge in [0.05, 0.1) is 5.69 Å². The van der Waals surface area contributed by atoms with Crippen LogP contribution in [0.5, 0.6) is 0 Å². The largest absolute Gasteiger partial charge is 0.371 e. The number of azo groups is 1. The van der Waals surface area contributed by atoms with Crippen LogP contribution in [0, 0.1) is 11.3 Å². The zero-order valence-corrected chi connectivity index (χ0v) is 8.76. The summed E-state index contributed by atoms with van der Waals surface area (Å²) in [5.41, 5.74) is 0.467. The Morgan fingerprint density at radius 3 is 2.62 bits per heavy atom. The van der Waals surface area contributed by atoms with Gasteiger partial charge in [-0.15, -0.1) is 0 Å². The van der Waals surface area contributed by atoms with Crippen LogP contribution in [0.3, 0.4) is 0 Å². The van der Waals surface area contributed by atoms with Crippen LogP contribution in [0.2, 0.25) is 5.02 Å². The van der Waals surface area contributed by atoms with E-state index in [0.29, 0.717) is 10.7 Å². The number of carbonyl (C=O) groups excluding carboxylic acids is 1. The van der Waals surface area contributed by atoms with Gasteiger partial charge in [-0.1, -0.05) is 11.6 Å². The molecule has 1 aromatic rings. The second-order valence-electron chi connectivity index (χ2n) is 2.66. The summed E-state index contributed by atoms with van der Waals surface area (Å²) in [6, 6.07) is 6.63. The molecule has 0 aliphatic carbocycles. The predicted octanol–water partition coefficient (Wildman–Crippen LogP) is 1.73. The molecule has 0 saturated carbocycles.